The molecule has 186 valence electrons. The van der Waals surface area contributed by atoms with E-state index in [9.17, 15) is 22.8 Å². The summed E-state index contributed by atoms with van der Waals surface area (Å²) in [5.41, 5.74) is 0.434. The van der Waals surface area contributed by atoms with Crippen molar-refractivity contribution in [2.75, 3.05) is 23.0 Å². The third-order valence-corrected chi connectivity index (χ3v) is 6.28. The molecule has 3 atom stereocenters. The molecule has 11 heteroatoms. The molecule has 2 amide bonds. The van der Waals surface area contributed by atoms with E-state index in [0.717, 1.165) is 22.6 Å². The molecule has 0 radical (unpaired) electrons. The van der Waals surface area contributed by atoms with Gasteiger partial charge in [-0.1, -0.05) is 12.1 Å². The molecule has 0 aliphatic carbocycles. The second kappa shape index (κ2) is 7.92. The highest BCUT2D eigenvalue weighted by Gasteiger charge is 2.61. The zero-order valence-electron chi connectivity index (χ0n) is 19.5. The Balaban J connectivity index is 1.61. The Labute approximate surface area is 199 Å². The van der Waals surface area contributed by atoms with E-state index < -0.39 is 47.6 Å². The minimum atomic E-state index is -4.66. The molecular weight excluding hydrogens is 467 g/mol. The summed E-state index contributed by atoms with van der Waals surface area (Å²) in [7, 11) is 0. The first-order valence-corrected chi connectivity index (χ1v) is 11.2. The summed E-state index contributed by atoms with van der Waals surface area (Å²) in [6, 6.07) is 5.73. The van der Waals surface area contributed by atoms with E-state index in [1.807, 2.05) is 13.0 Å². The Morgan fingerprint density at radius 1 is 1.17 bits per heavy atom. The second-order valence-electron chi connectivity index (χ2n) is 9.29. The summed E-state index contributed by atoms with van der Waals surface area (Å²) in [4.78, 5) is 34.1. The quantitative estimate of drug-likeness (QED) is 0.641. The fourth-order valence-corrected chi connectivity index (χ4v) is 4.86. The van der Waals surface area contributed by atoms with Gasteiger partial charge >= 0.3 is 6.18 Å². The normalized spacial score (nSPS) is 25.3. The van der Waals surface area contributed by atoms with Crippen LogP contribution in [0.15, 0.2) is 30.3 Å². The lowest BCUT2D eigenvalue weighted by atomic mass is 10.1. The van der Waals surface area contributed by atoms with Crippen LogP contribution in [0.3, 0.4) is 0 Å². The molecule has 3 aliphatic rings. The van der Waals surface area contributed by atoms with E-state index in [1.54, 1.807) is 26.0 Å². The molecule has 35 heavy (non-hydrogen) atoms. The Hall–Kier alpha value is -3.18. The van der Waals surface area contributed by atoms with E-state index in [4.69, 9.17) is 14.2 Å². The average molecular weight is 491 g/mol. The van der Waals surface area contributed by atoms with Crippen LogP contribution < -0.4 is 14.5 Å². The molecule has 0 unspecified atom stereocenters. The summed E-state index contributed by atoms with van der Waals surface area (Å²) in [5, 5.41) is 0. The van der Waals surface area contributed by atoms with Crippen molar-refractivity contribution in [1.82, 2.24) is 4.98 Å². The SMILES string of the molecule is Cc1cc(C(F)(F)F)cc(N2C(=O)[C@H]3OC(C)(C)O[C@H]3[C@H]2C(=O)N2CCOc3c(C)cccc32)n1. The van der Waals surface area contributed by atoms with Gasteiger partial charge in [-0.05, 0) is 51.5 Å². The number of hydrogen-bond acceptors (Lipinski definition) is 6. The highest BCUT2D eigenvalue weighted by atomic mass is 19.4. The number of aryl methyl sites for hydroxylation is 2. The van der Waals surface area contributed by atoms with Gasteiger partial charge in [0.05, 0.1) is 17.8 Å². The third kappa shape index (κ3) is 3.92. The van der Waals surface area contributed by atoms with Gasteiger partial charge in [-0.2, -0.15) is 13.2 Å². The fraction of sp³-hybridized carbons (Fsp3) is 0.458. The van der Waals surface area contributed by atoms with Crippen LogP contribution in [-0.2, 0) is 25.2 Å². The second-order valence-corrected chi connectivity index (χ2v) is 9.29. The van der Waals surface area contributed by atoms with E-state index in [-0.39, 0.29) is 24.7 Å². The van der Waals surface area contributed by atoms with Crippen molar-refractivity contribution in [3.05, 3.63) is 47.2 Å². The van der Waals surface area contributed by atoms with Crippen LogP contribution in [0, 0.1) is 13.8 Å². The van der Waals surface area contributed by atoms with Gasteiger partial charge in [0.25, 0.3) is 11.8 Å². The van der Waals surface area contributed by atoms with Crippen molar-refractivity contribution in [1.29, 1.82) is 0 Å². The van der Waals surface area contributed by atoms with Crippen LogP contribution in [0.1, 0.15) is 30.7 Å². The molecule has 5 rings (SSSR count). The van der Waals surface area contributed by atoms with Crippen molar-refractivity contribution in [2.45, 2.75) is 57.9 Å². The predicted octanol–water partition coefficient (Wildman–Crippen LogP) is 3.38. The van der Waals surface area contributed by atoms with Gasteiger partial charge in [-0.3, -0.25) is 14.5 Å². The molecular formula is C24H24F3N3O5. The molecule has 1 aromatic heterocycles. The van der Waals surface area contributed by atoms with Gasteiger partial charge in [0.15, 0.2) is 11.9 Å². The van der Waals surface area contributed by atoms with Gasteiger partial charge in [-0.15, -0.1) is 0 Å². The maximum atomic E-state index is 14.0. The molecule has 4 heterocycles. The van der Waals surface area contributed by atoms with Gasteiger partial charge in [0.2, 0.25) is 0 Å². The number of anilines is 2. The van der Waals surface area contributed by atoms with E-state index in [1.165, 1.54) is 11.8 Å². The van der Waals surface area contributed by atoms with Gasteiger partial charge in [0.1, 0.15) is 30.3 Å². The number of alkyl halides is 3. The number of carbonyl (C=O) groups excluding carboxylic acids is 2. The third-order valence-electron chi connectivity index (χ3n) is 6.28. The van der Waals surface area contributed by atoms with Crippen molar-refractivity contribution < 1.29 is 37.0 Å². The predicted molar refractivity (Wildman–Crippen MR) is 118 cm³/mol. The molecule has 0 spiro atoms. The maximum absolute atomic E-state index is 14.0. The molecule has 2 saturated heterocycles. The molecule has 0 saturated carbocycles. The number of ether oxygens (including phenoxy) is 3. The number of nitrogens with zero attached hydrogens (tertiary/aromatic N) is 3. The minimum Gasteiger partial charge on any atom is -0.489 e. The largest absolute Gasteiger partial charge is 0.489 e. The number of pyridine rings is 1. The summed E-state index contributed by atoms with van der Waals surface area (Å²) in [6.07, 6.45) is -6.85. The molecule has 2 fully saturated rings. The highest BCUT2D eigenvalue weighted by Crippen LogP contribution is 2.43. The van der Waals surface area contributed by atoms with Crippen LogP contribution in [0.2, 0.25) is 0 Å². The smallest absolute Gasteiger partial charge is 0.416 e. The standard InChI is InChI=1S/C24H24F3N3O5/c1-12-6-5-7-15-18(12)33-9-8-29(15)21(31)17-19-20(35-23(3,4)34-19)22(32)30(17)16-11-14(24(25,26)27)10-13(2)28-16/h5-7,10-11,17,19-20H,8-9H2,1-4H3/t17-,19-,20-/m0/s1. The summed E-state index contributed by atoms with van der Waals surface area (Å²) < 4.78 is 58.1. The molecule has 2 aromatic rings. The van der Waals surface area contributed by atoms with Crippen LogP contribution in [-0.4, -0.2) is 54.0 Å². The molecule has 0 bridgehead atoms. The lowest BCUT2D eigenvalue weighted by Gasteiger charge is -2.35. The number of para-hydroxylation sites is 1. The van der Waals surface area contributed by atoms with E-state index >= 15 is 0 Å². The zero-order chi connectivity index (χ0) is 25.3. The molecule has 1 aromatic carbocycles. The van der Waals surface area contributed by atoms with Gasteiger partial charge in [-0.25, -0.2) is 4.98 Å². The van der Waals surface area contributed by atoms with Crippen molar-refractivity contribution in [2.24, 2.45) is 0 Å². The van der Waals surface area contributed by atoms with Crippen molar-refractivity contribution in [3.8, 4) is 5.75 Å². The van der Waals surface area contributed by atoms with Crippen molar-refractivity contribution in [3.63, 3.8) is 0 Å². The summed E-state index contributed by atoms with van der Waals surface area (Å²) >= 11 is 0. The Bertz CT molecular complexity index is 1220. The lowest BCUT2D eigenvalue weighted by Crippen LogP contribution is -2.54. The fourth-order valence-electron chi connectivity index (χ4n) is 4.86. The van der Waals surface area contributed by atoms with Gasteiger partial charge in [0, 0.05) is 5.69 Å². The minimum absolute atomic E-state index is 0.0559. The molecule has 0 N–H and O–H groups in total. The van der Waals surface area contributed by atoms with Crippen molar-refractivity contribution >= 4 is 23.3 Å². The van der Waals surface area contributed by atoms with E-state index in [2.05, 4.69) is 4.98 Å². The van der Waals surface area contributed by atoms with Gasteiger partial charge < -0.3 is 19.1 Å². The Morgan fingerprint density at radius 2 is 1.91 bits per heavy atom. The maximum Gasteiger partial charge on any atom is 0.416 e. The number of benzene rings is 1. The first kappa shape index (κ1) is 23.6. The lowest BCUT2D eigenvalue weighted by molar-refractivity contribution is -0.161. The number of aromatic nitrogens is 1. The highest BCUT2D eigenvalue weighted by molar-refractivity contribution is 6.11. The topological polar surface area (TPSA) is 81.2 Å². The number of rotatable bonds is 2. The number of hydrogen-bond donors (Lipinski definition) is 0. The molecule has 8 nitrogen and oxygen atoms in total. The number of carbonyl (C=O) groups is 2. The zero-order valence-corrected chi connectivity index (χ0v) is 19.5. The van der Waals surface area contributed by atoms with Crippen LogP contribution in [0.5, 0.6) is 5.75 Å². The summed E-state index contributed by atoms with van der Waals surface area (Å²) in [6.45, 7) is 6.90. The number of fused-ring (bicyclic) bond motifs is 2. The number of amides is 2. The first-order chi connectivity index (χ1) is 16.4. The summed E-state index contributed by atoms with van der Waals surface area (Å²) in [5.74, 6) is -2.08. The average Bonchev–Trinajstić information content (AvgIpc) is 3.22. The van der Waals surface area contributed by atoms with Crippen LogP contribution in [0.4, 0.5) is 24.7 Å². The van der Waals surface area contributed by atoms with Crippen LogP contribution in [0.25, 0.3) is 0 Å². The van der Waals surface area contributed by atoms with E-state index in [0.29, 0.717) is 11.4 Å². The Kier molecular flexibility index (Phi) is 5.33. The number of halogens is 3. The Morgan fingerprint density at radius 3 is 2.63 bits per heavy atom. The monoisotopic (exact) mass is 491 g/mol. The van der Waals surface area contributed by atoms with Crippen LogP contribution >= 0.6 is 0 Å². The first-order valence-electron chi connectivity index (χ1n) is 11.2. The molecule has 3 aliphatic heterocycles.